The Bertz CT molecular complexity index is 675. The number of aliphatic hydroxyl groups is 1. The van der Waals surface area contributed by atoms with Gasteiger partial charge >= 0.3 is 0 Å². The van der Waals surface area contributed by atoms with Crippen LogP contribution in [-0.2, 0) is 21.4 Å². The van der Waals surface area contributed by atoms with Crippen LogP contribution >= 0.6 is 0 Å². The summed E-state index contributed by atoms with van der Waals surface area (Å²) in [7, 11) is -3.37. The van der Waals surface area contributed by atoms with Gasteiger partial charge in [0.1, 0.15) is 6.54 Å². The zero-order valence-electron chi connectivity index (χ0n) is 13.1. The molecule has 0 aliphatic carbocycles. The van der Waals surface area contributed by atoms with E-state index in [0.29, 0.717) is 25.9 Å². The van der Waals surface area contributed by atoms with E-state index in [1.54, 1.807) is 23.4 Å². The second-order valence-electron chi connectivity index (χ2n) is 6.35. The number of sulfonamides is 1. The summed E-state index contributed by atoms with van der Waals surface area (Å²) in [5.74, 6) is -0.119. The van der Waals surface area contributed by atoms with Gasteiger partial charge in [-0.3, -0.25) is 9.48 Å². The Balaban J connectivity index is 1.71. The number of piperidine rings is 1. The second kappa shape index (κ2) is 5.88. The first kappa shape index (κ1) is 16.4. The maximum Gasteiger partial charge on any atom is 0.244 e. The second-order valence-corrected chi connectivity index (χ2v) is 8.26. The molecule has 23 heavy (non-hydrogen) atoms. The quantitative estimate of drug-likeness (QED) is 0.781. The lowest BCUT2D eigenvalue weighted by atomic mass is 9.83. The lowest BCUT2D eigenvalue weighted by molar-refractivity contribution is -0.138. The van der Waals surface area contributed by atoms with Gasteiger partial charge in [0.05, 0.1) is 17.9 Å². The molecule has 2 fully saturated rings. The van der Waals surface area contributed by atoms with Crippen molar-refractivity contribution in [3.63, 3.8) is 0 Å². The Morgan fingerprint density at radius 3 is 2.78 bits per heavy atom. The van der Waals surface area contributed by atoms with Gasteiger partial charge in [0.2, 0.25) is 15.9 Å². The van der Waals surface area contributed by atoms with Crippen molar-refractivity contribution in [2.24, 2.45) is 0 Å². The molecule has 2 saturated heterocycles. The van der Waals surface area contributed by atoms with Gasteiger partial charge in [-0.05, 0) is 25.3 Å². The van der Waals surface area contributed by atoms with Crippen molar-refractivity contribution in [1.82, 2.24) is 19.0 Å². The Kier molecular flexibility index (Phi) is 4.19. The zero-order valence-corrected chi connectivity index (χ0v) is 13.9. The van der Waals surface area contributed by atoms with E-state index < -0.39 is 21.7 Å². The van der Waals surface area contributed by atoms with Crippen molar-refractivity contribution in [2.45, 2.75) is 37.5 Å². The molecule has 0 bridgehead atoms. The molecule has 1 N–H and O–H groups in total. The van der Waals surface area contributed by atoms with Crippen LogP contribution in [0.2, 0.25) is 0 Å². The van der Waals surface area contributed by atoms with Crippen LogP contribution in [0.15, 0.2) is 18.5 Å². The predicted molar refractivity (Wildman–Crippen MR) is 82.9 cm³/mol. The molecule has 0 radical (unpaired) electrons. The van der Waals surface area contributed by atoms with Crippen molar-refractivity contribution < 1.29 is 18.3 Å². The molecule has 2 atom stereocenters. The summed E-state index contributed by atoms with van der Waals surface area (Å²) in [5.41, 5.74) is -0.754. The highest BCUT2D eigenvalue weighted by Gasteiger charge is 2.53. The number of aliphatic hydroxyl groups excluding tert-OH is 1. The predicted octanol–water partition coefficient (Wildman–Crippen LogP) is -0.729. The fraction of sp³-hybridized carbons (Fsp3) is 0.714. The van der Waals surface area contributed by atoms with Gasteiger partial charge in [0.15, 0.2) is 0 Å². The lowest BCUT2D eigenvalue weighted by Gasteiger charge is -2.47. The van der Waals surface area contributed by atoms with E-state index in [-0.39, 0.29) is 19.0 Å². The maximum absolute atomic E-state index is 12.3. The number of likely N-dealkylation sites (tertiary alicyclic amines) is 1. The lowest BCUT2D eigenvalue weighted by Crippen LogP contribution is -2.63. The van der Waals surface area contributed by atoms with Crippen LogP contribution in [0.5, 0.6) is 0 Å². The van der Waals surface area contributed by atoms with Crippen LogP contribution in [0.3, 0.4) is 0 Å². The summed E-state index contributed by atoms with van der Waals surface area (Å²) < 4.78 is 27.0. The third-order valence-electron chi connectivity index (χ3n) is 4.91. The topological polar surface area (TPSA) is 95.7 Å². The largest absolute Gasteiger partial charge is 0.389 e. The smallest absolute Gasteiger partial charge is 0.244 e. The molecule has 1 amide bonds. The minimum absolute atomic E-state index is 0.119. The molecule has 2 aliphatic rings. The maximum atomic E-state index is 12.3. The van der Waals surface area contributed by atoms with Crippen molar-refractivity contribution >= 4 is 15.9 Å². The number of amides is 1. The molecular weight excluding hydrogens is 320 g/mol. The van der Waals surface area contributed by atoms with Gasteiger partial charge < -0.3 is 10.0 Å². The van der Waals surface area contributed by atoms with E-state index in [1.165, 1.54) is 15.2 Å². The summed E-state index contributed by atoms with van der Waals surface area (Å²) in [6.45, 7) is 1.18. The van der Waals surface area contributed by atoms with Crippen LogP contribution in [0.1, 0.15) is 19.3 Å². The first-order chi connectivity index (χ1) is 10.8. The summed E-state index contributed by atoms with van der Waals surface area (Å²) in [6, 6.07) is 1.75. The monoisotopic (exact) mass is 342 g/mol. The van der Waals surface area contributed by atoms with Gasteiger partial charge in [0.25, 0.3) is 0 Å². The van der Waals surface area contributed by atoms with Crippen LogP contribution < -0.4 is 0 Å². The summed E-state index contributed by atoms with van der Waals surface area (Å²) >= 11 is 0. The fourth-order valence-electron chi connectivity index (χ4n) is 3.78. The van der Waals surface area contributed by atoms with Crippen molar-refractivity contribution in [3.05, 3.63) is 18.5 Å². The number of rotatable bonds is 3. The van der Waals surface area contributed by atoms with Crippen LogP contribution in [-0.4, -0.2) is 76.0 Å². The minimum Gasteiger partial charge on any atom is -0.389 e. The molecular formula is C14H22N4O4S. The minimum atomic E-state index is -3.37. The number of nitrogens with zero attached hydrogens (tertiary/aromatic N) is 4. The van der Waals surface area contributed by atoms with E-state index in [9.17, 15) is 18.3 Å². The van der Waals surface area contributed by atoms with E-state index in [1.807, 2.05) is 0 Å². The standard InChI is InChI=1S/C14H22N4O4S/c1-23(21,22)18-8-2-4-14(18)5-9-16(10-12(14)19)13(20)11-17-7-3-6-15-17/h3,6-7,12,19H,2,4-5,8-11H2,1H3/t12-,14-/m0/s1. The van der Waals surface area contributed by atoms with E-state index >= 15 is 0 Å². The molecule has 128 valence electrons. The summed E-state index contributed by atoms with van der Waals surface area (Å²) in [6.07, 6.45) is 5.48. The Hall–Kier alpha value is -1.45. The molecule has 9 heteroatoms. The fourth-order valence-corrected chi connectivity index (χ4v) is 5.20. The normalized spacial score (nSPS) is 29.3. The average Bonchev–Trinajstić information content (AvgIpc) is 3.11. The SMILES string of the molecule is CS(=O)(=O)N1CCC[C@@]12CCN(C(=O)Cn1cccn1)C[C@@H]2O. The molecule has 8 nitrogen and oxygen atoms in total. The number of hydrogen-bond acceptors (Lipinski definition) is 5. The molecule has 3 heterocycles. The number of carbonyl (C=O) groups excluding carboxylic acids is 1. The molecule has 0 unspecified atom stereocenters. The number of β-amino-alcohol motifs (C(OH)–C–C–N with tert-alkyl or cyclic N) is 1. The van der Waals surface area contributed by atoms with Crippen molar-refractivity contribution in [1.29, 1.82) is 0 Å². The first-order valence-corrected chi connectivity index (χ1v) is 9.59. The van der Waals surface area contributed by atoms with E-state index in [0.717, 1.165) is 6.42 Å². The molecule has 1 aromatic heterocycles. The molecule has 3 rings (SSSR count). The summed E-state index contributed by atoms with van der Waals surface area (Å²) in [5, 5.41) is 14.6. The first-order valence-electron chi connectivity index (χ1n) is 7.74. The van der Waals surface area contributed by atoms with Crippen molar-refractivity contribution in [3.8, 4) is 0 Å². The highest BCUT2D eigenvalue weighted by Crippen LogP contribution is 2.40. The molecule has 0 saturated carbocycles. The third kappa shape index (κ3) is 3.00. The van der Waals surface area contributed by atoms with Gasteiger partial charge in [-0.25, -0.2) is 8.42 Å². The number of carbonyl (C=O) groups is 1. The van der Waals surface area contributed by atoms with Gasteiger partial charge in [0, 0.05) is 32.0 Å². The van der Waals surface area contributed by atoms with Gasteiger partial charge in [-0.1, -0.05) is 0 Å². The Morgan fingerprint density at radius 1 is 1.39 bits per heavy atom. The van der Waals surface area contributed by atoms with Crippen LogP contribution in [0.4, 0.5) is 0 Å². The number of aromatic nitrogens is 2. The van der Waals surface area contributed by atoms with Crippen molar-refractivity contribution in [2.75, 3.05) is 25.9 Å². The zero-order chi connectivity index (χ0) is 16.7. The molecule has 2 aliphatic heterocycles. The molecule has 1 spiro atoms. The van der Waals surface area contributed by atoms with E-state index in [2.05, 4.69) is 5.10 Å². The summed E-state index contributed by atoms with van der Waals surface area (Å²) in [4.78, 5) is 13.9. The highest BCUT2D eigenvalue weighted by molar-refractivity contribution is 7.88. The highest BCUT2D eigenvalue weighted by atomic mass is 32.2. The third-order valence-corrected chi connectivity index (χ3v) is 6.25. The molecule has 1 aromatic rings. The van der Waals surface area contributed by atoms with Crippen LogP contribution in [0.25, 0.3) is 0 Å². The van der Waals surface area contributed by atoms with Gasteiger partial charge in [-0.15, -0.1) is 0 Å². The Morgan fingerprint density at radius 2 is 2.17 bits per heavy atom. The molecule has 0 aromatic carbocycles. The van der Waals surface area contributed by atoms with Gasteiger partial charge in [-0.2, -0.15) is 9.40 Å². The van der Waals surface area contributed by atoms with E-state index in [4.69, 9.17) is 0 Å². The van der Waals surface area contributed by atoms with Crippen LogP contribution in [0, 0.1) is 0 Å². The number of hydrogen-bond donors (Lipinski definition) is 1. The average molecular weight is 342 g/mol. The Labute approximate surface area is 135 Å².